The molecule has 0 amide bonds. The minimum Gasteiger partial charge on any atom is -0.303 e. The zero-order valence-electron chi connectivity index (χ0n) is 17.1. The van der Waals surface area contributed by atoms with E-state index in [9.17, 15) is 4.57 Å². The molecular weight excluding hydrogens is 399 g/mol. The van der Waals surface area contributed by atoms with Crippen molar-refractivity contribution in [1.29, 1.82) is 0 Å². The van der Waals surface area contributed by atoms with Gasteiger partial charge in [-0.25, -0.2) is 4.57 Å². The van der Waals surface area contributed by atoms with Crippen LogP contribution in [0.1, 0.15) is 109 Å². The minimum atomic E-state index is -4.32. The summed E-state index contributed by atoms with van der Waals surface area (Å²) in [6.45, 7) is 0.0779. The van der Waals surface area contributed by atoms with Crippen LogP contribution in [-0.4, -0.2) is 27.4 Å². The Kier molecular flexibility index (Phi) is 20.7. The molecular formula is C20H43O4PS2. The molecule has 0 heterocycles. The van der Waals surface area contributed by atoms with Crippen LogP contribution in [0.25, 0.3) is 0 Å². The van der Waals surface area contributed by atoms with Gasteiger partial charge in [0.2, 0.25) is 0 Å². The smallest absolute Gasteiger partial charge is 0.303 e. The first kappa shape index (κ1) is 27.8. The van der Waals surface area contributed by atoms with E-state index in [0.717, 1.165) is 18.6 Å². The second-order valence-electron chi connectivity index (χ2n) is 7.58. The molecule has 27 heavy (non-hydrogen) atoms. The predicted molar refractivity (Wildman–Crippen MR) is 123 cm³/mol. The van der Waals surface area contributed by atoms with Crippen molar-refractivity contribution in [3.05, 3.63) is 0 Å². The third kappa shape index (κ3) is 24.8. The van der Waals surface area contributed by atoms with Crippen LogP contribution in [-0.2, 0) is 9.09 Å². The molecule has 0 rings (SSSR count). The molecule has 4 nitrogen and oxygen atoms in total. The van der Waals surface area contributed by atoms with Gasteiger partial charge in [-0.1, -0.05) is 89.9 Å². The van der Waals surface area contributed by atoms with Crippen molar-refractivity contribution in [2.24, 2.45) is 0 Å². The van der Waals surface area contributed by atoms with Crippen LogP contribution < -0.4 is 0 Å². The van der Waals surface area contributed by atoms with Crippen LogP contribution in [0.15, 0.2) is 0 Å². The Labute approximate surface area is 178 Å². The van der Waals surface area contributed by atoms with Crippen LogP contribution in [0.5, 0.6) is 0 Å². The fourth-order valence-corrected chi connectivity index (χ4v) is 4.10. The summed E-state index contributed by atoms with van der Waals surface area (Å²) in [4.78, 5) is 17.2. The molecule has 1 unspecified atom stereocenters. The molecule has 0 aliphatic heterocycles. The summed E-state index contributed by atoms with van der Waals surface area (Å²) in [5, 5.41) is 0.166. The van der Waals surface area contributed by atoms with Gasteiger partial charge in [0.05, 0.1) is 6.61 Å². The fraction of sp³-hybridized carbons (Fsp3) is 1.00. The highest BCUT2D eigenvalue weighted by molar-refractivity contribution is 7.81. The lowest BCUT2D eigenvalue weighted by atomic mass is 10.0. The van der Waals surface area contributed by atoms with Crippen LogP contribution in [0.3, 0.4) is 0 Å². The van der Waals surface area contributed by atoms with Crippen LogP contribution in [0.4, 0.5) is 0 Å². The minimum absolute atomic E-state index is 0.0779. The molecule has 0 radical (unpaired) electrons. The number of unbranched alkanes of at least 4 members (excludes halogenated alkanes) is 14. The van der Waals surface area contributed by atoms with Gasteiger partial charge in [-0.15, -0.1) is 0 Å². The van der Waals surface area contributed by atoms with Crippen LogP contribution >= 0.6 is 33.1 Å². The number of hydrogen-bond acceptors (Lipinski definition) is 4. The van der Waals surface area contributed by atoms with Crippen molar-refractivity contribution in [2.75, 3.05) is 12.4 Å². The molecule has 0 aliphatic carbocycles. The van der Waals surface area contributed by atoms with Gasteiger partial charge in [-0.2, -0.15) is 25.3 Å². The first-order chi connectivity index (χ1) is 13.0. The molecule has 0 spiro atoms. The number of thiol groups is 2. The Hall–Kier alpha value is 0.810. The molecule has 0 aromatic heterocycles. The van der Waals surface area contributed by atoms with Gasteiger partial charge in [-0.05, 0) is 25.0 Å². The third-order valence-corrected chi connectivity index (χ3v) is 6.26. The highest BCUT2D eigenvalue weighted by Gasteiger charge is 2.14. The van der Waals surface area contributed by atoms with Gasteiger partial charge in [0.25, 0.3) is 0 Å². The predicted octanol–water partition coefficient (Wildman–Crippen LogP) is 6.96. The summed E-state index contributed by atoms with van der Waals surface area (Å²) in [7, 11) is -4.32. The summed E-state index contributed by atoms with van der Waals surface area (Å²) < 4.78 is 15.0. The molecule has 1 atom stereocenters. The first-order valence-electron chi connectivity index (χ1n) is 10.9. The third-order valence-electron chi connectivity index (χ3n) is 4.91. The monoisotopic (exact) mass is 442 g/mol. The molecule has 0 bridgehead atoms. The van der Waals surface area contributed by atoms with Crippen LogP contribution in [0.2, 0.25) is 0 Å². The number of rotatable bonds is 21. The van der Waals surface area contributed by atoms with E-state index >= 15 is 0 Å². The summed E-state index contributed by atoms with van der Waals surface area (Å²) in [6, 6.07) is 0. The van der Waals surface area contributed by atoms with Crippen molar-refractivity contribution in [2.45, 2.75) is 114 Å². The maximum atomic E-state index is 10.6. The quantitative estimate of drug-likeness (QED) is 0.0881. The SMILES string of the molecule is O=P(O)(O)OCCC(S)CCCCCCCCCCCCCCCCCS. The molecule has 0 fully saturated rings. The zero-order valence-corrected chi connectivity index (χ0v) is 19.7. The topological polar surface area (TPSA) is 66.8 Å². The Morgan fingerprint density at radius 1 is 0.667 bits per heavy atom. The Balaban J connectivity index is 3.15. The van der Waals surface area contributed by atoms with Gasteiger partial charge >= 0.3 is 7.82 Å². The van der Waals surface area contributed by atoms with E-state index in [4.69, 9.17) is 9.79 Å². The van der Waals surface area contributed by atoms with Gasteiger partial charge in [0.15, 0.2) is 0 Å². The Bertz CT molecular complexity index is 353. The summed E-state index contributed by atoms with van der Waals surface area (Å²) in [6.07, 6.45) is 21.7. The molecule has 0 aromatic rings. The van der Waals surface area contributed by atoms with Gasteiger partial charge < -0.3 is 9.79 Å². The lowest BCUT2D eigenvalue weighted by molar-refractivity contribution is 0.194. The average molecular weight is 443 g/mol. The lowest BCUT2D eigenvalue weighted by Crippen LogP contribution is -2.04. The molecule has 7 heteroatoms. The van der Waals surface area contributed by atoms with Crippen molar-refractivity contribution < 1.29 is 18.9 Å². The molecule has 0 aromatic carbocycles. The number of hydrogen-bond donors (Lipinski definition) is 4. The van der Waals surface area contributed by atoms with Crippen molar-refractivity contribution in [1.82, 2.24) is 0 Å². The molecule has 2 N–H and O–H groups in total. The number of phosphoric ester groups is 1. The van der Waals surface area contributed by atoms with Crippen LogP contribution in [0, 0.1) is 0 Å². The van der Waals surface area contributed by atoms with E-state index in [-0.39, 0.29) is 11.9 Å². The maximum absolute atomic E-state index is 10.6. The fourth-order valence-electron chi connectivity index (χ4n) is 3.24. The largest absolute Gasteiger partial charge is 0.469 e. The highest BCUT2D eigenvalue weighted by Crippen LogP contribution is 2.36. The van der Waals surface area contributed by atoms with Crippen molar-refractivity contribution in [3.63, 3.8) is 0 Å². The van der Waals surface area contributed by atoms with E-state index in [1.807, 2.05) is 0 Å². The Morgan fingerprint density at radius 3 is 1.41 bits per heavy atom. The second kappa shape index (κ2) is 20.1. The molecule has 0 aliphatic rings. The number of phosphoric acid groups is 1. The highest BCUT2D eigenvalue weighted by atomic mass is 32.1. The van der Waals surface area contributed by atoms with E-state index in [1.54, 1.807) is 0 Å². The van der Waals surface area contributed by atoms with E-state index < -0.39 is 7.82 Å². The van der Waals surface area contributed by atoms with Crippen molar-refractivity contribution in [3.8, 4) is 0 Å². The second-order valence-corrected chi connectivity index (χ2v) is 10.00. The molecule has 0 saturated carbocycles. The zero-order chi connectivity index (χ0) is 20.2. The average Bonchev–Trinajstić information content (AvgIpc) is 2.60. The maximum Gasteiger partial charge on any atom is 0.469 e. The normalized spacial score (nSPS) is 13.2. The van der Waals surface area contributed by atoms with Gasteiger partial charge in [0.1, 0.15) is 0 Å². The molecule has 164 valence electrons. The first-order valence-corrected chi connectivity index (χ1v) is 13.6. The van der Waals surface area contributed by atoms with E-state index in [0.29, 0.717) is 6.42 Å². The lowest BCUT2D eigenvalue weighted by Gasteiger charge is -2.11. The summed E-state index contributed by atoms with van der Waals surface area (Å²) >= 11 is 8.69. The van der Waals surface area contributed by atoms with E-state index in [1.165, 1.54) is 89.9 Å². The van der Waals surface area contributed by atoms with Crippen molar-refractivity contribution >= 4 is 33.1 Å². The molecule has 0 saturated heterocycles. The van der Waals surface area contributed by atoms with E-state index in [2.05, 4.69) is 29.8 Å². The van der Waals surface area contributed by atoms with Gasteiger partial charge in [0, 0.05) is 5.25 Å². The summed E-state index contributed by atoms with van der Waals surface area (Å²) in [5.74, 6) is 1.03. The summed E-state index contributed by atoms with van der Waals surface area (Å²) in [5.41, 5.74) is 0. The Morgan fingerprint density at radius 2 is 1.04 bits per heavy atom. The van der Waals surface area contributed by atoms with Gasteiger partial charge in [-0.3, -0.25) is 4.52 Å². The standard InChI is InChI=1S/C20H43O4PS2/c21-25(22,23)24-18-17-20(27)16-14-12-10-8-6-4-2-1-3-5-7-9-11-13-15-19-26/h20,26-27H,1-19H2,(H2,21,22,23).